The number of nitrogens with zero attached hydrogens (tertiary/aromatic N) is 2. The fourth-order valence-corrected chi connectivity index (χ4v) is 2.07. The van der Waals surface area contributed by atoms with Crippen molar-refractivity contribution in [2.75, 3.05) is 36.7 Å². The van der Waals surface area contributed by atoms with Crippen molar-refractivity contribution in [2.24, 2.45) is 0 Å². The molecule has 1 aromatic rings. The lowest BCUT2D eigenvalue weighted by atomic mass is 10.2. The number of benzene rings is 1. The third-order valence-corrected chi connectivity index (χ3v) is 2.85. The van der Waals surface area contributed by atoms with E-state index < -0.39 is 0 Å². The second-order valence-corrected chi connectivity index (χ2v) is 4.02. The molecule has 0 spiro atoms. The zero-order valence-corrected chi connectivity index (χ0v) is 11.9. The second-order valence-electron chi connectivity index (χ2n) is 4.02. The highest BCUT2D eigenvalue weighted by Crippen LogP contribution is 2.34. The molecule has 3 nitrogen and oxygen atoms in total. The van der Waals surface area contributed by atoms with Crippen molar-refractivity contribution in [3.63, 3.8) is 0 Å². The summed E-state index contributed by atoms with van der Waals surface area (Å²) in [7, 11) is 2.12. The topological polar surface area (TPSA) is 26.7 Å². The number of hydrogen-bond donors (Lipinski definition) is 1. The molecule has 0 atom stereocenters. The standard InChI is InChI=1S/C12H18N2O.HI/c1-13-10-14(8-4-5-9-15)12-7-3-2-6-11(12)13;/h2-3,6-7,15H,4-5,8-10H2,1H3;1H. The molecule has 1 aliphatic rings. The maximum atomic E-state index is 8.76. The number of hydrogen-bond acceptors (Lipinski definition) is 3. The van der Waals surface area contributed by atoms with Gasteiger partial charge < -0.3 is 14.9 Å². The molecule has 0 bridgehead atoms. The van der Waals surface area contributed by atoms with E-state index in [-0.39, 0.29) is 24.0 Å². The third-order valence-electron chi connectivity index (χ3n) is 2.85. The molecule has 0 fully saturated rings. The van der Waals surface area contributed by atoms with Gasteiger partial charge in [0.1, 0.15) is 0 Å². The molecule has 0 amide bonds. The molecule has 1 aromatic carbocycles. The van der Waals surface area contributed by atoms with Crippen molar-refractivity contribution in [3.05, 3.63) is 24.3 Å². The first-order valence-electron chi connectivity index (χ1n) is 5.49. The lowest BCUT2D eigenvalue weighted by Crippen LogP contribution is -2.28. The van der Waals surface area contributed by atoms with E-state index in [4.69, 9.17) is 5.11 Å². The summed E-state index contributed by atoms with van der Waals surface area (Å²) >= 11 is 0. The predicted molar refractivity (Wildman–Crippen MR) is 78.8 cm³/mol. The van der Waals surface area contributed by atoms with E-state index in [0.29, 0.717) is 6.61 Å². The molecule has 1 heterocycles. The lowest BCUT2D eigenvalue weighted by Gasteiger charge is -2.18. The van der Waals surface area contributed by atoms with Crippen LogP contribution >= 0.6 is 24.0 Å². The van der Waals surface area contributed by atoms with E-state index in [0.717, 1.165) is 26.1 Å². The van der Waals surface area contributed by atoms with E-state index in [2.05, 4.69) is 41.1 Å². The maximum absolute atomic E-state index is 8.76. The zero-order valence-electron chi connectivity index (χ0n) is 9.59. The summed E-state index contributed by atoms with van der Waals surface area (Å²) < 4.78 is 0. The predicted octanol–water partition coefficient (Wildman–Crippen LogP) is 2.29. The molecule has 4 heteroatoms. The summed E-state index contributed by atoms with van der Waals surface area (Å²) in [5.74, 6) is 0. The van der Waals surface area contributed by atoms with Gasteiger partial charge in [-0.2, -0.15) is 0 Å². The Balaban J connectivity index is 0.00000128. The van der Waals surface area contributed by atoms with Gasteiger partial charge in [-0.05, 0) is 25.0 Å². The number of aliphatic hydroxyl groups is 1. The van der Waals surface area contributed by atoms with Crippen molar-refractivity contribution in [3.8, 4) is 0 Å². The summed E-state index contributed by atoms with van der Waals surface area (Å²) in [6.07, 6.45) is 1.95. The van der Waals surface area contributed by atoms with E-state index in [1.807, 2.05) is 0 Å². The molecule has 16 heavy (non-hydrogen) atoms. The van der Waals surface area contributed by atoms with Crippen LogP contribution in [0.25, 0.3) is 0 Å². The van der Waals surface area contributed by atoms with Crippen molar-refractivity contribution >= 4 is 35.4 Å². The zero-order chi connectivity index (χ0) is 10.7. The Bertz CT molecular complexity index is 333. The van der Waals surface area contributed by atoms with Crippen LogP contribution in [0, 0.1) is 0 Å². The van der Waals surface area contributed by atoms with Crippen LogP contribution in [0.15, 0.2) is 24.3 Å². The van der Waals surface area contributed by atoms with Gasteiger partial charge in [0.05, 0.1) is 18.0 Å². The summed E-state index contributed by atoms with van der Waals surface area (Å²) in [6.45, 7) is 2.29. The van der Waals surface area contributed by atoms with Crippen LogP contribution in [-0.4, -0.2) is 32.0 Å². The van der Waals surface area contributed by atoms with Crippen LogP contribution in [0.4, 0.5) is 11.4 Å². The fourth-order valence-electron chi connectivity index (χ4n) is 2.07. The summed E-state index contributed by atoms with van der Waals surface area (Å²) in [4.78, 5) is 4.62. The number of fused-ring (bicyclic) bond motifs is 1. The monoisotopic (exact) mass is 334 g/mol. The molecule has 0 radical (unpaired) electrons. The van der Waals surface area contributed by atoms with E-state index >= 15 is 0 Å². The van der Waals surface area contributed by atoms with Crippen LogP contribution in [-0.2, 0) is 0 Å². The number of anilines is 2. The van der Waals surface area contributed by atoms with Gasteiger partial charge in [0.15, 0.2) is 0 Å². The minimum atomic E-state index is 0. The number of halogens is 1. The normalized spacial score (nSPS) is 13.6. The lowest BCUT2D eigenvalue weighted by molar-refractivity contribution is 0.285. The summed E-state index contributed by atoms with van der Waals surface area (Å²) in [5.41, 5.74) is 2.62. The summed E-state index contributed by atoms with van der Waals surface area (Å²) in [5, 5.41) is 8.76. The molecule has 2 rings (SSSR count). The SMILES string of the molecule is CN1CN(CCCCO)c2ccccc21.I. The highest BCUT2D eigenvalue weighted by Gasteiger charge is 2.21. The molecule has 0 saturated carbocycles. The fraction of sp³-hybridized carbons (Fsp3) is 0.500. The molecule has 90 valence electrons. The van der Waals surface area contributed by atoms with Crippen LogP contribution in [0.5, 0.6) is 0 Å². The van der Waals surface area contributed by atoms with E-state index in [9.17, 15) is 0 Å². The first kappa shape index (κ1) is 13.6. The van der Waals surface area contributed by atoms with Gasteiger partial charge in [-0.1, -0.05) is 12.1 Å². The van der Waals surface area contributed by atoms with Gasteiger partial charge in [-0.3, -0.25) is 0 Å². The Morgan fingerprint density at radius 3 is 2.56 bits per heavy atom. The first-order chi connectivity index (χ1) is 7.33. The Kier molecular flexibility index (Phi) is 5.34. The molecule has 0 unspecified atom stereocenters. The molecule has 0 aliphatic carbocycles. The van der Waals surface area contributed by atoms with Gasteiger partial charge in [-0.25, -0.2) is 0 Å². The van der Waals surface area contributed by atoms with Crippen molar-refractivity contribution in [1.82, 2.24) is 0 Å². The number of unbranched alkanes of at least 4 members (excludes halogenated alkanes) is 1. The van der Waals surface area contributed by atoms with Crippen LogP contribution < -0.4 is 9.80 Å². The number of para-hydroxylation sites is 2. The van der Waals surface area contributed by atoms with Gasteiger partial charge in [0, 0.05) is 20.2 Å². The minimum Gasteiger partial charge on any atom is -0.396 e. The second kappa shape index (κ2) is 6.30. The van der Waals surface area contributed by atoms with Crippen molar-refractivity contribution < 1.29 is 5.11 Å². The summed E-state index contributed by atoms with van der Waals surface area (Å²) in [6, 6.07) is 8.47. The van der Waals surface area contributed by atoms with Crippen molar-refractivity contribution in [1.29, 1.82) is 0 Å². The van der Waals surface area contributed by atoms with Crippen LogP contribution in [0.3, 0.4) is 0 Å². The molecular formula is C12H19IN2O. The van der Waals surface area contributed by atoms with Gasteiger partial charge in [-0.15, -0.1) is 24.0 Å². The van der Waals surface area contributed by atoms with E-state index in [1.54, 1.807) is 0 Å². The first-order valence-corrected chi connectivity index (χ1v) is 5.49. The molecular weight excluding hydrogens is 315 g/mol. The average molecular weight is 334 g/mol. The quantitative estimate of drug-likeness (QED) is 0.676. The van der Waals surface area contributed by atoms with Crippen LogP contribution in [0.1, 0.15) is 12.8 Å². The molecule has 0 saturated heterocycles. The smallest absolute Gasteiger partial charge is 0.0901 e. The third kappa shape index (κ3) is 2.79. The highest BCUT2D eigenvalue weighted by atomic mass is 127. The highest BCUT2D eigenvalue weighted by molar-refractivity contribution is 14.0. The Morgan fingerprint density at radius 2 is 1.88 bits per heavy atom. The van der Waals surface area contributed by atoms with Gasteiger partial charge in [0.2, 0.25) is 0 Å². The number of rotatable bonds is 4. The maximum Gasteiger partial charge on any atom is 0.0901 e. The Hall–Kier alpha value is -0.490. The Labute approximate surface area is 114 Å². The van der Waals surface area contributed by atoms with Crippen LogP contribution in [0.2, 0.25) is 0 Å². The molecule has 1 aliphatic heterocycles. The largest absolute Gasteiger partial charge is 0.396 e. The molecule has 1 N–H and O–H groups in total. The molecule has 0 aromatic heterocycles. The van der Waals surface area contributed by atoms with Gasteiger partial charge >= 0.3 is 0 Å². The minimum absolute atomic E-state index is 0. The number of aliphatic hydroxyl groups excluding tert-OH is 1. The Morgan fingerprint density at radius 1 is 1.19 bits per heavy atom. The van der Waals surface area contributed by atoms with Gasteiger partial charge in [0.25, 0.3) is 0 Å². The van der Waals surface area contributed by atoms with Crippen molar-refractivity contribution in [2.45, 2.75) is 12.8 Å². The average Bonchev–Trinajstić information content (AvgIpc) is 2.58. The van der Waals surface area contributed by atoms with E-state index in [1.165, 1.54) is 11.4 Å².